The van der Waals surface area contributed by atoms with Crippen molar-refractivity contribution in [2.45, 2.75) is 20.8 Å². The van der Waals surface area contributed by atoms with Crippen LogP contribution in [0.2, 0.25) is 0 Å². The molecule has 4 heteroatoms. The molecule has 0 aliphatic heterocycles. The molecule has 0 fully saturated rings. The Morgan fingerprint density at radius 2 is 2.29 bits per heavy atom. The lowest BCUT2D eigenvalue weighted by Crippen LogP contribution is -2.21. The number of aryl methyl sites for hydroxylation is 2. The van der Waals surface area contributed by atoms with Crippen LogP contribution in [0.1, 0.15) is 19.4 Å². The van der Waals surface area contributed by atoms with Gasteiger partial charge in [0.1, 0.15) is 5.82 Å². The van der Waals surface area contributed by atoms with Gasteiger partial charge in [-0.05, 0) is 20.8 Å². The van der Waals surface area contributed by atoms with E-state index in [0.29, 0.717) is 5.82 Å². The van der Waals surface area contributed by atoms with Crippen molar-refractivity contribution in [3.05, 3.63) is 34.0 Å². The van der Waals surface area contributed by atoms with Crippen molar-refractivity contribution in [1.82, 2.24) is 9.55 Å². The summed E-state index contributed by atoms with van der Waals surface area (Å²) in [5.41, 5.74) is 1.68. The van der Waals surface area contributed by atoms with Gasteiger partial charge in [0.15, 0.2) is 0 Å². The highest BCUT2D eigenvalue weighted by Gasteiger charge is 2.02. The van der Waals surface area contributed by atoms with E-state index in [9.17, 15) is 4.79 Å². The molecule has 4 nitrogen and oxygen atoms in total. The summed E-state index contributed by atoms with van der Waals surface area (Å²) < 4.78 is 1.46. The lowest BCUT2D eigenvalue weighted by Gasteiger charge is -2.08. The van der Waals surface area contributed by atoms with Crippen LogP contribution in [0, 0.1) is 6.92 Å². The van der Waals surface area contributed by atoms with Gasteiger partial charge in [-0.3, -0.25) is 0 Å². The maximum absolute atomic E-state index is 11.3. The molecule has 0 bridgehead atoms. The summed E-state index contributed by atoms with van der Waals surface area (Å²) >= 11 is 0. The van der Waals surface area contributed by atoms with Crippen LogP contribution in [0.5, 0.6) is 0 Å². The van der Waals surface area contributed by atoms with E-state index >= 15 is 0 Å². The van der Waals surface area contributed by atoms with Crippen molar-refractivity contribution in [1.29, 1.82) is 0 Å². The maximum atomic E-state index is 11.3. The number of nitrogens with one attached hydrogen (secondary N) is 1. The molecule has 0 saturated carbocycles. The molecule has 14 heavy (non-hydrogen) atoms. The number of allylic oxidation sites excluding steroid dienone is 2. The van der Waals surface area contributed by atoms with E-state index in [1.54, 1.807) is 13.2 Å². The molecule has 0 aliphatic carbocycles. The Hall–Kier alpha value is -1.58. The van der Waals surface area contributed by atoms with Crippen molar-refractivity contribution in [2.75, 3.05) is 5.32 Å². The number of hydrogen-bond acceptors (Lipinski definition) is 3. The van der Waals surface area contributed by atoms with Crippen molar-refractivity contribution in [3.8, 4) is 0 Å². The second kappa shape index (κ2) is 4.09. The van der Waals surface area contributed by atoms with Gasteiger partial charge in [-0.1, -0.05) is 6.08 Å². The Bertz CT molecular complexity index is 418. The fourth-order valence-corrected chi connectivity index (χ4v) is 1.05. The van der Waals surface area contributed by atoms with Crippen LogP contribution >= 0.6 is 0 Å². The number of hydrogen-bond donors (Lipinski definition) is 1. The SMILES string of the molecule is C/C=C(/C)Nc1nc(=O)n(C)cc1C. The molecule has 1 N–H and O–H groups in total. The number of anilines is 1. The van der Waals surface area contributed by atoms with E-state index in [0.717, 1.165) is 11.3 Å². The van der Waals surface area contributed by atoms with Gasteiger partial charge in [-0.25, -0.2) is 4.79 Å². The largest absolute Gasteiger partial charge is 0.349 e. The van der Waals surface area contributed by atoms with E-state index in [2.05, 4.69) is 10.3 Å². The van der Waals surface area contributed by atoms with Crippen LogP contribution in [0.15, 0.2) is 22.8 Å². The first kappa shape index (κ1) is 10.5. The van der Waals surface area contributed by atoms with Crippen LogP contribution in [0.25, 0.3) is 0 Å². The zero-order valence-corrected chi connectivity index (χ0v) is 8.96. The lowest BCUT2D eigenvalue weighted by molar-refractivity contribution is 0.803. The van der Waals surface area contributed by atoms with Crippen LogP contribution < -0.4 is 11.0 Å². The zero-order valence-electron chi connectivity index (χ0n) is 8.96. The summed E-state index contributed by atoms with van der Waals surface area (Å²) in [6, 6.07) is 0. The third-order valence-electron chi connectivity index (χ3n) is 2.02. The minimum Gasteiger partial charge on any atom is -0.344 e. The molecular formula is C10H15N3O. The Balaban J connectivity index is 3.10. The number of rotatable bonds is 2. The number of aromatic nitrogens is 2. The fourth-order valence-electron chi connectivity index (χ4n) is 1.05. The average Bonchev–Trinajstić information content (AvgIpc) is 2.14. The summed E-state index contributed by atoms with van der Waals surface area (Å²) in [6.07, 6.45) is 3.69. The summed E-state index contributed by atoms with van der Waals surface area (Å²) in [4.78, 5) is 15.2. The monoisotopic (exact) mass is 193 g/mol. The van der Waals surface area contributed by atoms with E-state index in [1.807, 2.05) is 26.8 Å². The highest BCUT2D eigenvalue weighted by molar-refractivity contribution is 5.45. The molecule has 0 amide bonds. The Kier molecular flexibility index (Phi) is 3.06. The lowest BCUT2D eigenvalue weighted by atomic mass is 10.3. The molecule has 0 spiro atoms. The fraction of sp³-hybridized carbons (Fsp3) is 0.400. The molecule has 0 aromatic carbocycles. The molecule has 0 saturated heterocycles. The predicted octanol–water partition coefficient (Wildman–Crippen LogP) is 1.42. The summed E-state index contributed by atoms with van der Waals surface area (Å²) in [5.74, 6) is 0.628. The molecular weight excluding hydrogens is 178 g/mol. The van der Waals surface area contributed by atoms with Gasteiger partial charge < -0.3 is 9.88 Å². The molecule has 0 atom stereocenters. The minimum atomic E-state index is -0.248. The second-order valence-electron chi connectivity index (χ2n) is 3.26. The van der Waals surface area contributed by atoms with E-state index < -0.39 is 0 Å². The van der Waals surface area contributed by atoms with Gasteiger partial charge in [-0.15, -0.1) is 0 Å². The molecule has 0 unspecified atom stereocenters. The van der Waals surface area contributed by atoms with Gasteiger partial charge >= 0.3 is 5.69 Å². The summed E-state index contributed by atoms with van der Waals surface area (Å²) in [7, 11) is 1.69. The predicted molar refractivity (Wildman–Crippen MR) is 57.3 cm³/mol. The first-order chi connectivity index (χ1) is 6.54. The molecule has 1 rings (SSSR count). The molecule has 1 aromatic heterocycles. The van der Waals surface area contributed by atoms with Gasteiger partial charge in [-0.2, -0.15) is 4.98 Å². The van der Waals surface area contributed by atoms with E-state index in [4.69, 9.17) is 0 Å². The first-order valence-electron chi connectivity index (χ1n) is 4.49. The van der Waals surface area contributed by atoms with Gasteiger partial charge in [0.25, 0.3) is 0 Å². The molecule has 1 aromatic rings. The molecule has 76 valence electrons. The highest BCUT2D eigenvalue weighted by Crippen LogP contribution is 2.09. The van der Waals surface area contributed by atoms with Crippen molar-refractivity contribution >= 4 is 5.82 Å². The average molecular weight is 193 g/mol. The maximum Gasteiger partial charge on any atom is 0.349 e. The third-order valence-corrected chi connectivity index (χ3v) is 2.02. The third kappa shape index (κ3) is 2.22. The van der Waals surface area contributed by atoms with Crippen molar-refractivity contribution in [2.24, 2.45) is 7.05 Å². The van der Waals surface area contributed by atoms with Crippen molar-refractivity contribution < 1.29 is 0 Å². The zero-order chi connectivity index (χ0) is 10.7. The Labute approximate surface area is 83.3 Å². The smallest absolute Gasteiger partial charge is 0.344 e. The van der Waals surface area contributed by atoms with Crippen LogP contribution in [0.3, 0.4) is 0 Å². The standard InChI is InChI=1S/C10H15N3O/c1-5-8(3)11-9-7(2)6-13(4)10(14)12-9/h5-6H,1-4H3,(H,11,12,14)/b8-5-. The van der Waals surface area contributed by atoms with E-state index in [1.165, 1.54) is 4.57 Å². The van der Waals surface area contributed by atoms with Crippen LogP contribution in [-0.4, -0.2) is 9.55 Å². The van der Waals surface area contributed by atoms with Gasteiger partial charge in [0, 0.05) is 24.5 Å². The molecule has 0 aliphatic rings. The quantitative estimate of drug-likeness (QED) is 0.772. The summed E-state index contributed by atoms with van der Waals surface area (Å²) in [6.45, 7) is 5.77. The normalized spacial score (nSPS) is 11.6. The highest BCUT2D eigenvalue weighted by atomic mass is 16.1. The van der Waals surface area contributed by atoms with E-state index in [-0.39, 0.29) is 5.69 Å². The first-order valence-corrected chi connectivity index (χ1v) is 4.49. The summed E-state index contributed by atoms with van der Waals surface area (Å²) in [5, 5.41) is 3.06. The van der Waals surface area contributed by atoms with Crippen molar-refractivity contribution in [3.63, 3.8) is 0 Å². The minimum absolute atomic E-state index is 0.248. The van der Waals surface area contributed by atoms with Crippen LogP contribution in [0.4, 0.5) is 5.82 Å². The topological polar surface area (TPSA) is 46.9 Å². The van der Waals surface area contributed by atoms with Gasteiger partial charge in [0.2, 0.25) is 0 Å². The number of nitrogens with zero attached hydrogens (tertiary/aromatic N) is 2. The Morgan fingerprint density at radius 1 is 1.64 bits per heavy atom. The molecule has 0 radical (unpaired) electrons. The van der Waals surface area contributed by atoms with Gasteiger partial charge in [0.05, 0.1) is 0 Å². The molecule has 1 heterocycles. The second-order valence-corrected chi connectivity index (χ2v) is 3.26. The Morgan fingerprint density at radius 3 is 2.86 bits per heavy atom. The van der Waals surface area contributed by atoms with Crippen LogP contribution in [-0.2, 0) is 7.05 Å².